The number of rotatable bonds is 5. The van der Waals surface area contributed by atoms with Gasteiger partial charge >= 0.3 is 0 Å². The Labute approximate surface area is 182 Å². The average molecular weight is 458 g/mol. The number of ether oxygens (including phenoxy) is 2. The number of carbonyl (C=O) groups is 1. The number of hydrazine groups is 1. The number of fused-ring (bicyclic) bond motifs is 1. The summed E-state index contributed by atoms with van der Waals surface area (Å²) in [4.78, 5) is 12.0. The third-order valence-corrected chi connectivity index (χ3v) is 5.53. The molecule has 148 valence electrons. The first-order chi connectivity index (χ1) is 13.5. The number of benzene rings is 2. The first-order valence-electron chi connectivity index (χ1n) is 8.29. The van der Waals surface area contributed by atoms with Gasteiger partial charge in [0.2, 0.25) is 5.91 Å². The Hall–Kier alpha value is -1.87. The van der Waals surface area contributed by atoms with Gasteiger partial charge in [0.25, 0.3) is 0 Å². The van der Waals surface area contributed by atoms with E-state index in [9.17, 15) is 4.79 Å². The Bertz CT molecular complexity index is 863. The maximum atomic E-state index is 12.0. The Kier molecular flexibility index (Phi) is 7.50. The van der Waals surface area contributed by atoms with E-state index in [1.165, 1.54) is 11.8 Å². The average Bonchev–Trinajstić information content (AvgIpc) is 2.68. The lowest BCUT2D eigenvalue weighted by atomic mass is 10.2. The summed E-state index contributed by atoms with van der Waals surface area (Å²) in [5, 5.41) is 4.40. The predicted octanol–water partition coefficient (Wildman–Crippen LogP) is 4.02. The van der Waals surface area contributed by atoms with Crippen molar-refractivity contribution < 1.29 is 14.3 Å². The van der Waals surface area contributed by atoms with E-state index in [2.05, 4.69) is 16.2 Å². The van der Waals surface area contributed by atoms with Gasteiger partial charge in [-0.3, -0.25) is 15.6 Å². The minimum absolute atomic E-state index is 0.223. The molecule has 0 unspecified atom stereocenters. The van der Waals surface area contributed by atoms with E-state index >= 15 is 0 Å². The SMILES string of the molecule is O=C(CSCc1c(Cl)cccc1Cl)NNC(=S)Nc1ccc2c(c1)OCCO2. The molecule has 1 aliphatic heterocycles. The highest BCUT2D eigenvalue weighted by Gasteiger charge is 2.12. The first-order valence-corrected chi connectivity index (χ1v) is 10.6. The van der Waals surface area contributed by atoms with Crippen LogP contribution in [0, 0.1) is 0 Å². The van der Waals surface area contributed by atoms with Crippen molar-refractivity contribution >= 4 is 63.9 Å². The van der Waals surface area contributed by atoms with Crippen LogP contribution in [0.5, 0.6) is 11.5 Å². The van der Waals surface area contributed by atoms with Crippen molar-refractivity contribution in [3.05, 3.63) is 52.0 Å². The van der Waals surface area contributed by atoms with Crippen LogP contribution in [0.2, 0.25) is 10.0 Å². The lowest BCUT2D eigenvalue weighted by molar-refractivity contribution is -0.119. The van der Waals surface area contributed by atoms with E-state index in [0.29, 0.717) is 40.5 Å². The van der Waals surface area contributed by atoms with Crippen molar-refractivity contribution in [3.8, 4) is 11.5 Å². The molecule has 0 spiro atoms. The largest absolute Gasteiger partial charge is 0.486 e. The highest BCUT2D eigenvalue weighted by Crippen LogP contribution is 2.32. The van der Waals surface area contributed by atoms with Gasteiger partial charge in [-0.2, -0.15) is 0 Å². The van der Waals surface area contributed by atoms with E-state index in [-0.39, 0.29) is 16.8 Å². The minimum atomic E-state index is -0.223. The summed E-state index contributed by atoms with van der Waals surface area (Å²) >= 11 is 18.8. The first kappa shape index (κ1) is 20.9. The van der Waals surface area contributed by atoms with Gasteiger partial charge in [-0.05, 0) is 42.0 Å². The molecule has 3 N–H and O–H groups in total. The molecule has 0 aromatic heterocycles. The second kappa shape index (κ2) is 10.1. The van der Waals surface area contributed by atoms with E-state index in [4.69, 9.17) is 44.9 Å². The molecule has 28 heavy (non-hydrogen) atoms. The van der Waals surface area contributed by atoms with E-state index < -0.39 is 0 Å². The second-order valence-corrected chi connectivity index (χ2v) is 7.89. The van der Waals surface area contributed by atoms with E-state index in [0.717, 1.165) is 11.3 Å². The molecule has 2 aromatic rings. The van der Waals surface area contributed by atoms with Crippen molar-refractivity contribution in [2.24, 2.45) is 0 Å². The summed E-state index contributed by atoms with van der Waals surface area (Å²) in [7, 11) is 0. The number of thioether (sulfide) groups is 1. The second-order valence-electron chi connectivity index (χ2n) is 5.68. The summed E-state index contributed by atoms with van der Waals surface area (Å²) < 4.78 is 11.0. The lowest BCUT2D eigenvalue weighted by Crippen LogP contribution is -2.44. The van der Waals surface area contributed by atoms with Crippen molar-refractivity contribution in [1.82, 2.24) is 10.9 Å². The fraction of sp³-hybridized carbons (Fsp3) is 0.222. The molecule has 0 bridgehead atoms. The molecule has 1 amide bonds. The summed E-state index contributed by atoms with van der Waals surface area (Å²) in [6, 6.07) is 10.7. The van der Waals surface area contributed by atoms with Crippen LogP contribution in [0.3, 0.4) is 0 Å². The summed E-state index contributed by atoms with van der Waals surface area (Å²) in [6.07, 6.45) is 0. The van der Waals surface area contributed by atoms with E-state index in [1.54, 1.807) is 30.3 Å². The molecule has 0 radical (unpaired) electrons. The highest BCUT2D eigenvalue weighted by molar-refractivity contribution is 7.99. The lowest BCUT2D eigenvalue weighted by Gasteiger charge is -2.19. The molecular formula is C18H17Cl2N3O3S2. The maximum Gasteiger partial charge on any atom is 0.248 e. The Morgan fingerprint density at radius 3 is 2.54 bits per heavy atom. The number of nitrogens with one attached hydrogen (secondary N) is 3. The van der Waals surface area contributed by atoms with Crippen LogP contribution in [-0.2, 0) is 10.5 Å². The number of thiocarbonyl (C=S) groups is 1. The third kappa shape index (κ3) is 5.81. The maximum absolute atomic E-state index is 12.0. The zero-order chi connectivity index (χ0) is 19.9. The molecule has 0 aliphatic carbocycles. The van der Waals surface area contributed by atoms with Crippen molar-refractivity contribution in [1.29, 1.82) is 0 Å². The number of anilines is 1. The van der Waals surface area contributed by atoms with Crippen LogP contribution in [-0.4, -0.2) is 30.0 Å². The standard InChI is InChI=1S/C18H17Cl2N3O3S2/c19-13-2-1-3-14(20)12(13)9-28-10-17(24)22-23-18(27)21-11-4-5-15-16(8-11)26-7-6-25-15/h1-5,8H,6-7,9-10H2,(H,22,24)(H2,21,23,27). The normalized spacial score (nSPS) is 12.2. The molecule has 6 nitrogen and oxygen atoms in total. The van der Waals surface area contributed by atoms with Gasteiger partial charge in [-0.1, -0.05) is 29.3 Å². The van der Waals surface area contributed by atoms with Gasteiger partial charge in [0.05, 0.1) is 5.75 Å². The molecular weight excluding hydrogens is 441 g/mol. The van der Waals surface area contributed by atoms with Crippen LogP contribution in [0.15, 0.2) is 36.4 Å². The topological polar surface area (TPSA) is 71.6 Å². The third-order valence-electron chi connectivity index (χ3n) is 3.66. The molecule has 10 heteroatoms. The Morgan fingerprint density at radius 2 is 1.79 bits per heavy atom. The number of hydrogen-bond donors (Lipinski definition) is 3. The molecule has 0 saturated heterocycles. The van der Waals surface area contributed by atoms with Crippen LogP contribution < -0.4 is 25.6 Å². The van der Waals surface area contributed by atoms with Crippen molar-refractivity contribution in [3.63, 3.8) is 0 Å². The summed E-state index contributed by atoms with van der Waals surface area (Å²) in [5.74, 6) is 1.88. The molecule has 0 atom stereocenters. The summed E-state index contributed by atoms with van der Waals surface area (Å²) in [6.45, 7) is 1.04. The number of hydrogen-bond acceptors (Lipinski definition) is 5. The minimum Gasteiger partial charge on any atom is -0.486 e. The van der Waals surface area contributed by atoms with Crippen molar-refractivity contribution in [2.45, 2.75) is 5.75 Å². The zero-order valence-corrected chi connectivity index (χ0v) is 17.7. The van der Waals surface area contributed by atoms with Gasteiger partial charge in [-0.15, -0.1) is 11.8 Å². The van der Waals surface area contributed by atoms with Gasteiger partial charge in [0.15, 0.2) is 16.6 Å². The summed E-state index contributed by atoms with van der Waals surface area (Å²) in [5.41, 5.74) is 6.74. The Balaban J connectivity index is 1.40. The van der Waals surface area contributed by atoms with Crippen LogP contribution >= 0.6 is 47.2 Å². The monoisotopic (exact) mass is 457 g/mol. The number of amides is 1. The smallest absolute Gasteiger partial charge is 0.248 e. The van der Waals surface area contributed by atoms with Crippen LogP contribution in [0.25, 0.3) is 0 Å². The molecule has 0 fully saturated rings. The van der Waals surface area contributed by atoms with Gasteiger partial charge in [0.1, 0.15) is 13.2 Å². The molecule has 1 aliphatic rings. The molecule has 2 aromatic carbocycles. The number of carbonyl (C=O) groups excluding carboxylic acids is 1. The van der Waals surface area contributed by atoms with Crippen LogP contribution in [0.1, 0.15) is 5.56 Å². The fourth-order valence-electron chi connectivity index (χ4n) is 2.36. The number of halogens is 2. The molecule has 0 saturated carbocycles. The van der Waals surface area contributed by atoms with E-state index in [1.807, 2.05) is 6.07 Å². The zero-order valence-electron chi connectivity index (χ0n) is 14.6. The van der Waals surface area contributed by atoms with Crippen LogP contribution in [0.4, 0.5) is 5.69 Å². The van der Waals surface area contributed by atoms with Gasteiger partial charge < -0.3 is 14.8 Å². The van der Waals surface area contributed by atoms with Crippen molar-refractivity contribution in [2.75, 3.05) is 24.3 Å². The van der Waals surface area contributed by atoms with Gasteiger partial charge in [-0.25, -0.2) is 0 Å². The predicted molar refractivity (Wildman–Crippen MR) is 118 cm³/mol. The van der Waals surface area contributed by atoms with Gasteiger partial charge in [0, 0.05) is 27.6 Å². The molecule has 3 rings (SSSR count). The Morgan fingerprint density at radius 1 is 1.07 bits per heavy atom. The quantitative estimate of drug-likeness (QED) is 0.462. The highest BCUT2D eigenvalue weighted by atomic mass is 35.5. The molecule has 1 heterocycles. The fourth-order valence-corrected chi connectivity index (χ4v) is 4.10.